The molecule has 0 saturated carbocycles. The number of hydrogen-bond acceptors (Lipinski definition) is 3. The van der Waals surface area contributed by atoms with Crippen LogP contribution in [0.3, 0.4) is 0 Å². The first-order valence-corrected chi connectivity index (χ1v) is 7.61. The summed E-state index contributed by atoms with van der Waals surface area (Å²) in [5.74, 6) is 0. The van der Waals surface area contributed by atoms with Gasteiger partial charge in [0.2, 0.25) is 0 Å². The molecule has 0 radical (unpaired) electrons. The molecule has 0 amide bonds. The Kier molecular flexibility index (Phi) is 4.36. The van der Waals surface area contributed by atoms with Crippen molar-refractivity contribution in [1.29, 1.82) is 0 Å². The Morgan fingerprint density at radius 2 is 2.19 bits per heavy atom. The van der Waals surface area contributed by atoms with Crippen molar-refractivity contribution in [2.45, 2.75) is 45.7 Å². The molecular formula is C17H23N3O. The van der Waals surface area contributed by atoms with Gasteiger partial charge in [-0.15, -0.1) is 0 Å². The van der Waals surface area contributed by atoms with Crippen LogP contribution in [0.4, 0.5) is 0 Å². The van der Waals surface area contributed by atoms with Gasteiger partial charge in [0.25, 0.3) is 0 Å². The molecule has 2 aromatic rings. The van der Waals surface area contributed by atoms with E-state index in [1.54, 1.807) is 6.20 Å². The molecule has 1 aliphatic rings. The topological polar surface area (TPSA) is 30.3 Å². The van der Waals surface area contributed by atoms with Crippen molar-refractivity contribution in [3.8, 4) is 0 Å². The maximum Gasteiger partial charge on any atom is 0.0885 e. The van der Waals surface area contributed by atoms with Crippen LogP contribution in [0.2, 0.25) is 0 Å². The number of pyridine rings is 1. The zero-order chi connectivity index (χ0) is 14.7. The van der Waals surface area contributed by atoms with Crippen LogP contribution in [0.1, 0.15) is 25.1 Å². The first-order chi connectivity index (χ1) is 10.2. The maximum atomic E-state index is 6.15. The van der Waals surface area contributed by atoms with E-state index in [2.05, 4.69) is 52.7 Å². The summed E-state index contributed by atoms with van der Waals surface area (Å²) in [6.07, 6.45) is 6.03. The Morgan fingerprint density at radius 1 is 1.29 bits per heavy atom. The van der Waals surface area contributed by atoms with E-state index < -0.39 is 0 Å². The van der Waals surface area contributed by atoms with E-state index in [1.807, 2.05) is 12.3 Å². The summed E-state index contributed by atoms with van der Waals surface area (Å²) in [5, 5.41) is 0. The molecule has 3 rings (SSSR count). The highest BCUT2D eigenvalue weighted by Gasteiger charge is 2.23. The summed E-state index contributed by atoms with van der Waals surface area (Å²) in [6, 6.07) is 8.87. The average molecular weight is 285 g/mol. The van der Waals surface area contributed by atoms with Gasteiger partial charge in [-0.05, 0) is 37.6 Å². The summed E-state index contributed by atoms with van der Waals surface area (Å²) < 4.78 is 8.47. The summed E-state index contributed by atoms with van der Waals surface area (Å²) in [5.41, 5.74) is 2.50. The first kappa shape index (κ1) is 14.3. The van der Waals surface area contributed by atoms with Crippen molar-refractivity contribution in [3.63, 3.8) is 0 Å². The zero-order valence-corrected chi connectivity index (χ0v) is 12.8. The minimum Gasteiger partial charge on any atom is -0.370 e. The van der Waals surface area contributed by atoms with Crippen LogP contribution in [0, 0.1) is 0 Å². The second-order valence-corrected chi connectivity index (χ2v) is 5.97. The van der Waals surface area contributed by atoms with Crippen LogP contribution in [-0.2, 0) is 24.4 Å². The van der Waals surface area contributed by atoms with Crippen LogP contribution >= 0.6 is 0 Å². The second-order valence-electron chi connectivity index (χ2n) is 5.97. The lowest BCUT2D eigenvalue weighted by molar-refractivity contribution is 0.00432. The van der Waals surface area contributed by atoms with Crippen molar-refractivity contribution in [2.24, 2.45) is 0 Å². The quantitative estimate of drug-likeness (QED) is 0.865. The van der Waals surface area contributed by atoms with Crippen molar-refractivity contribution in [2.75, 3.05) is 6.54 Å². The average Bonchev–Trinajstić information content (AvgIpc) is 2.84. The van der Waals surface area contributed by atoms with E-state index in [9.17, 15) is 0 Å². The largest absolute Gasteiger partial charge is 0.370 e. The van der Waals surface area contributed by atoms with Gasteiger partial charge in [-0.1, -0.05) is 6.07 Å². The molecule has 1 atom stereocenters. The Bertz CT molecular complexity index is 564. The summed E-state index contributed by atoms with van der Waals surface area (Å²) in [4.78, 5) is 6.62. The number of ether oxygens (including phenoxy) is 1. The normalized spacial score (nSPS) is 19.5. The van der Waals surface area contributed by atoms with Gasteiger partial charge in [0.1, 0.15) is 0 Å². The first-order valence-electron chi connectivity index (χ1n) is 7.61. The molecule has 0 saturated heterocycles. The third-order valence-electron chi connectivity index (χ3n) is 4.07. The monoisotopic (exact) mass is 285 g/mol. The van der Waals surface area contributed by atoms with Gasteiger partial charge in [-0.2, -0.15) is 0 Å². The maximum absolute atomic E-state index is 6.15. The highest BCUT2D eigenvalue weighted by Crippen LogP contribution is 2.18. The van der Waals surface area contributed by atoms with E-state index in [1.165, 1.54) is 5.69 Å². The molecule has 4 nitrogen and oxygen atoms in total. The Balaban J connectivity index is 1.69. The lowest BCUT2D eigenvalue weighted by Crippen LogP contribution is -2.37. The smallest absolute Gasteiger partial charge is 0.0885 e. The van der Waals surface area contributed by atoms with Gasteiger partial charge in [0.05, 0.1) is 12.7 Å². The highest BCUT2D eigenvalue weighted by atomic mass is 16.5. The van der Waals surface area contributed by atoms with Crippen molar-refractivity contribution >= 4 is 0 Å². The molecule has 4 heteroatoms. The van der Waals surface area contributed by atoms with E-state index in [-0.39, 0.29) is 6.10 Å². The van der Waals surface area contributed by atoms with Crippen LogP contribution in [0.5, 0.6) is 0 Å². The van der Waals surface area contributed by atoms with Gasteiger partial charge < -0.3 is 9.30 Å². The molecule has 3 heterocycles. The van der Waals surface area contributed by atoms with Gasteiger partial charge in [-0.3, -0.25) is 9.88 Å². The molecule has 0 bridgehead atoms. The standard InChI is InChI=1S/C17H23N3O/c1-14(2)20-10-16-6-4-8-19(16)11-17(12-20)21-13-15-5-3-7-18-9-15/h3-9,14,17H,10-13H2,1-2H3. The number of hydrogen-bond donors (Lipinski definition) is 0. The highest BCUT2D eigenvalue weighted by molar-refractivity contribution is 5.09. The predicted molar refractivity (Wildman–Crippen MR) is 82.8 cm³/mol. The fraction of sp³-hybridized carbons (Fsp3) is 0.471. The minimum absolute atomic E-state index is 0.209. The van der Waals surface area contributed by atoms with Gasteiger partial charge in [-0.25, -0.2) is 0 Å². The third kappa shape index (κ3) is 3.52. The number of nitrogens with zero attached hydrogens (tertiary/aromatic N) is 3. The fourth-order valence-electron chi connectivity index (χ4n) is 2.78. The van der Waals surface area contributed by atoms with Gasteiger partial charge >= 0.3 is 0 Å². The van der Waals surface area contributed by atoms with Gasteiger partial charge in [0.15, 0.2) is 0 Å². The van der Waals surface area contributed by atoms with E-state index in [0.29, 0.717) is 12.6 Å². The molecule has 0 aliphatic carbocycles. The fourth-order valence-corrected chi connectivity index (χ4v) is 2.78. The molecule has 2 aromatic heterocycles. The molecular weight excluding hydrogens is 262 g/mol. The van der Waals surface area contributed by atoms with Crippen molar-refractivity contribution in [1.82, 2.24) is 14.5 Å². The number of fused-ring (bicyclic) bond motifs is 1. The molecule has 1 unspecified atom stereocenters. The summed E-state index contributed by atoms with van der Waals surface area (Å²) >= 11 is 0. The third-order valence-corrected chi connectivity index (χ3v) is 4.07. The molecule has 112 valence electrons. The van der Waals surface area contributed by atoms with E-state index in [4.69, 9.17) is 4.74 Å². The van der Waals surface area contributed by atoms with Crippen LogP contribution in [0.15, 0.2) is 42.9 Å². The van der Waals surface area contributed by atoms with Crippen LogP contribution < -0.4 is 0 Å². The van der Waals surface area contributed by atoms with Crippen LogP contribution in [-0.4, -0.2) is 33.1 Å². The van der Waals surface area contributed by atoms with E-state index >= 15 is 0 Å². The molecule has 1 aliphatic heterocycles. The Morgan fingerprint density at radius 3 is 2.95 bits per heavy atom. The number of rotatable bonds is 4. The lowest BCUT2D eigenvalue weighted by Gasteiger charge is -2.27. The zero-order valence-electron chi connectivity index (χ0n) is 12.8. The van der Waals surface area contributed by atoms with Crippen molar-refractivity contribution in [3.05, 3.63) is 54.1 Å². The number of aromatic nitrogens is 2. The molecule has 0 fully saturated rings. The van der Waals surface area contributed by atoms with Crippen molar-refractivity contribution < 1.29 is 4.74 Å². The second kappa shape index (κ2) is 6.41. The summed E-state index contributed by atoms with van der Waals surface area (Å²) in [7, 11) is 0. The molecule has 0 spiro atoms. The Labute approximate surface area is 126 Å². The Hall–Kier alpha value is -1.65. The molecule has 21 heavy (non-hydrogen) atoms. The van der Waals surface area contributed by atoms with Crippen LogP contribution in [0.25, 0.3) is 0 Å². The van der Waals surface area contributed by atoms with Gasteiger partial charge in [0, 0.05) is 50.0 Å². The SMILES string of the molecule is CC(C)N1Cc2cccn2CC(OCc2cccnc2)C1. The molecule has 0 N–H and O–H groups in total. The molecule has 0 aromatic carbocycles. The van der Waals surface area contributed by atoms with E-state index in [0.717, 1.165) is 25.2 Å². The predicted octanol–water partition coefficient (Wildman–Crippen LogP) is 2.69. The minimum atomic E-state index is 0.209. The lowest BCUT2D eigenvalue weighted by atomic mass is 10.2. The summed E-state index contributed by atoms with van der Waals surface area (Å²) in [6.45, 7) is 8.01.